The molecule has 1 N–H and O–H groups in total. The normalized spacial score (nSPS) is 26.6. The maximum atomic E-state index is 9.33. The molecule has 1 saturated heterocycles. The first-order chi connectivity index (χ1) is 9.41. The molecule has 4 nitrogen and oxygen atoms in total. The Morgan fingerprint density at radius 3 is 2.60 bits per heavy atom. The Balaban J connectivity index is 2.32. The minimum absolute atomic E-state index is 0.359. The Kier molecular flexibility index (Phi) is 6.94. The summed E-state index contributed by atoms with van der Waals surface area (Å²) in [6, 6.07) is 3.11. The first kappa shape index (κ1) is 17.4. The molecule has 0 bridgehead atoms. The number of rotatable bonds is 8. The summed E-state index contributed by atoms with van der Waals surface area (Å²) in [6.07, 6.45) is 3.10. The van der Waals surface area contributed by atoms with Gasteiger partial charge >= 0.3 is 0 Å². The van der Waals surface area contributed by atoms with Crippen molar-refractivity contribution in [2.24, 2.45) is 5.92 Å². The molecule has 0 aromatic heterocycles. The Morgan fingerprint density at radius 1 is 1.40 bits per heavy atom. The molecule has 0 spiro atoms. The number of hydrogen-bond acceptors (Lipinski definition) is 4. The zero-order chi connectivity index (χ0) is 15.2. The number of nitrogens with one attached hydrogen (secondary N) is 1. The van der Waals surface area contributed by atoms with E-state index >= 15 is 0 Å². The van der Waals surface area contributed by atoms with Crippen LogP contribution >= 0.6 is 0 Å². The second kappa shape index (κ2) is 7.97. The molecule has 0 saturated carbocycles. The number of nitrogens with zero attached hydrogens (tertiary/aromatic N) is 3. The molecule has 1 aliphatic rings. The highest BCUT2D eigenvalue weighted by Crippen LogP contribution is 2.21. The average molecular weight is 280 g/mol. The summed E-state index contributed by atoms with van der Waals surface area (Å²) >= 11 is 0. The second-order valence-corrected chi connectivity index (χ2v) is 6.74. The van der Waals surface area contributed by atoms with Gasteiger partial charge in [0, 0.05) is 19.1 Å². The van der Waals surface area contributed by atoms with Crippen molar-refractivity contribution in [1.29, 1.82) is 5.26 Å². The van der Waals surface area contributed by atoms with E-state index in [0.717, 1.165) is 38.3 Å². The van der Waals surface area contributed by atoms with E-state index in [2.05, 4.69) is 49.1 Å². The minimum Gasteiger partial charge on any atom is -0.305 e. The van der Waals surface area contributed by atoms with Gasteiger partial charge in [0.1, 0.15) is 5.54 Å². The maximum absolute atomic E-state index is 9.33. The number of nitriles is 1. The Bertz CT molecular complexity index is 323. The summed E-state index contributed by atoms with van der Waals surface area (Å²) < 4.78 is 0. The fourth-order valence-electron chi connectivity index (χ4n) is 3.14. The van der Waals surface area contributed by atoms with Gasteiger partial charge in [0.05, 0.1) is 6.07 Å². The van der Waals surface area contributed by atoms with Crippen molar-refractivity contribution in [2.75, 3.05) is 40.3 Å². The van der Waals surface area contributed by atoms with Crippen LogP contribution in [0.3, 0.4) is 0 Å². The van der Waals surface area contributed by atoms with Gasteiger partial charge in [-0.3, -0.25) is 5.32 Å². The monoisotopic (exact) mass is 280 g/mol. The predicted octanol–water partition coefficient (Wildman–Crippen LogP) is 1.93. The van der Waals surface area contributed by atoms with Gasteiger partial charge in [-0.2, -0.15) is 5.26 Å². The molecule has 1 fully saturated rings. The quantitative estimate of drug-likeness (QED) is 0.738. The van der Waals surface area contributed by atoms with Crippen LogP contribution in [0.5, 0.6) is 0 Å². The largest absolute Gasteiger partial charge is 0.305 e. The van der Waals surface area contributed by atoms with E-state index in [1.165, 1.54) is 13.1 Å². The number of likely N-dealkylation sites (tertiary alicyclic amines) is 1. The van der Waals surface area contributed by atoms with E-state index < -0.39 is 0 Å². The van der Waals surface area contributed by atoms with Gasteiger partial charge in [0.25, 0.3) is 0 Å². The molecule has 0 aliphatic carbocycles. The van der Waals surface area contributed by atoms with Crippen molar-refractivity contribution in [1.82, 2.24) is 15.1 Å². The molecule has 3 unspecified atom stereocenters. The zero-order valence-electron chi connectivity index (χ0n) is 13.9. The third-order valence-corrected chi connectivity index (χ3v) is 4.47. The molecule has 0 radical (unpaired) electrons. The Labute approximate surface area is 125 Å². The molecule has 20 heavy (non-hydrogen) atoms. The first-order valence-corrected chi connectivity index (χ1v) is 7.97. The van der Waals surface area contributed by atoms with Crippen molar-refractivity contribution in [3.8, 4) is 6.07 Å². The van der Waals surface area contributed by atoms with Crippen LogP contribution in [-0.4, -0.2) is 61.7 Å². The summed E-state index contributed by atoms with van der Waals surface area (Å²) in [5.74, 6) is 0.741. The standard InChI is InChI=1S/C16H32N4/c1-6-9-18-16(3,13-17)8-7-10-20-11-14(2)15(12-20)19(4)5/h14-15,18H,6-12H2,1-5H3. The lowest BCUT2D eigenvalue weighted by atomic mass is 9.97. The van der Waals surface area contributed by atoms with Crippen LogP contribution in [0.15, 0.2) is 0 Å². The second-order valence-electron chi connectivity index (χ2n) is 6.74. The first-order valence-electron chi connectivity index (χ1n) is 7.97. The molecule has 3 atom stereocenters. The molecule has 0 amide bonds. The molecule has 0 aromatic rings. The lowest BCUT2D eigenvalue weighted by Gasteiger charge is -2.25. The Hall–Kier alpha value is -0.630. The fourth-order valence-corrected chi connectivity index (χ4v) is 3.14. The highest BCUT2D eigenvalue weighted by Gasteiger charge is 2.31. The zero-order valence-corrected chi connectivity index (χ0v) is 13.9. The number of likely N-dealkylation sites (N-methyl/N-ethyl adjacent to an activating group) is 1. The smallest absolute Gasteiger partial charge is 0.103 e. The maximum Gasteiger partial charge on any atom is 0.103 e. The van der Waals surface area contributed by atoms with Crippen molar-refractivity contribution in [3.63, 3.8) is 0 Å². The Morgan fingerprint density at radius 2 is 2.10 bits per heavy atom. The van der Waals surface area contributed by atoms with Gasteiger partial charge in [-0.1, -0.05) is 13.8 Å². The van der Waals surface area contributed by atoms with Crippen molar-refractivity contribution in [3.05, 3.63) is 0 Å². The van der Waals surface area contributed by atoms with E-state index in [1.54, 1.807) is 0 Å². The van der Waals surface area contributed by atoms with Gasteiger partial charge in [-0.15, -0.1) is 0 Å². The highest BCUT2D eigenvalue weighted by atomic mass is 15.2. The van der Waals surface area contributed by atoms with Crippen molar-refractivity contribution < 1.29 is 0 Å². The highest BCUT2D eigenvalue weighted by molar-refractivity contribution is 5.03. The van der Waals surface area contributed by atoms with Crippen LogP contribution in [0.4, 0.5) is 0 Å². The van der Waals surface area contributed by atoms with Crippen molar-refractivity contribution in [2.45, 2.75) is 51.6 Å². The van der Waals surface area contributed by atoms with Gasteiger partial charge in [0.2, 0.25) is 0 Å². The molecule has 0 aromatic carbocycles. The molecule has 116 valence electrons. The lowest BCUT2D eigenvalue weighted by Crippen LogP contribution is -2.42. The van der Waals surface area contributed by atoms with Gasteiger partial charge < -0.3 is 9.80 Å². The topological polar surface area (TPSA) is 42.3 Å². The van der Waals surface area contributed by atoms with Crippen LogP contribution < -0.4 is 5.32 Å². The summed E-state index contributed by atoms with van der Waals surface area (Å²) in [6.45, 7) is 10.9. The summed E-state index contributed by atoms with van der Waals surface area (Å²) in [7, 11) is 4.35. The molecule has 1 heterocycles. The molecule has 1 aliphatic heterocycles. The van der Waals surface area contributed by atoms with Gasteiger partial charge in [-0.25, -0.2) is 0 Å². The molecular formula is C16H32N4. The van der Waals surface area contributed by atoms with E-state index in [9.17, 15) is 5.26 Å². The van der Waals surface area contributed by atoms with Gasteiger partial charge in [0.15, 0.2) is 0 Å². The van der Waals surface area contributed by atoms with E-state index in [-0.39, 0.29) is 5.54 Å². The summed E-state index contributed by atoms with van der Waals surface area (Å²) in [4.78, 5) is 4.89. The van der Waals surface area contributed by atoms with Gasteiger partial charge in [-0.05, 0) is 59.3 Å². The molecule has 4 heteroatoms. The average Bonchev–Trinajstić information content (AvgIpc) is 2.78. The third-order valence-electron chi connectivity index (χ3n) is 4.47. The van der Waals surface area contributed by atoms with E-state index in [1.807, 2.05) is 6.92 Å². The SMILES string of the molecule is CCCNC(C)(C#N)CCCN1CC(C)C(N(C)C)C1. The summed E-state index contributed by atoms with van der Waals surface area (Å²) in [5, 5.41) is 12.7. The van der Waals surface area contributed by atoms with Crippen LogP contribution in [0.2, 0.25) is 0 Å². The molecule has 1 rings (SSSR count). The molecular weight excluding hydrogens is 248 g/mol. The van der Waals surface area contributed by atoms with Crippen LogP contribution in [0.25, 0.3) is 0 Å². The van der Waals surface area contributed by atoms with Crippen LogP contribution in [-0.2, 0) is 0 Å². The van der Waals surface area contributed by atoms with Crippen molar-refractivity contribution >= 4 is 0 Å². The van der Waals surface area contributed by atoms with E-state index in [0.29, 0.717) is 6.04 Å². The van der Waals surface area contributed by atoms with Crippen LogP contribution in [0, 0.1) is 17.2 Å². The van der Waals surface area contributed by atoms with E-state index in [4.69, 9.17) is 0 Å². The predicted molar refractivity (Wildman–Crippen MR) is 84.6 cm³/mol. The van der Waals surface area contributed by atoms with Crippen LogP contribution in [0.1, 0.15) is 40.0 Å². The minimum atomic E-state index is -0.359. The summed E-state index contributed by atoms with van der Waals surface area (Å²) in [5.41, 5.74) is -0.359. The number of hydrogen-bond donors (Lipinski definition) is 1. The fraction of sp³-hybridized carbons (Fsp3) is 0.938. The third kappa shape index (κ3) is 5.05. The lowest BCUT2D eigenvalue weighted by molar-refractivity contribution is 0.248.